The monoisotopic (exact) mass is 434 g/mol. The van der Waals surface area contributed by atoms with Crippen molar-refractivity contribution >= 4 is 31.9 Å². The van der Waals surface area contributed by atoms with Crippen LogP contribution in [0.5, 0.6) is 11.5 Å². The van der Waals surface area contributed by atoms with Gasteiger partial charge >= 0.3 is 0 Å². The molecular formula is C16H14Br2F2O2. The summed E-state index contributed by atoms with van der Waals surface area (Å²) in [6, 6.07) is 5.51. The van der Waals surface area contributed by atoms with Crippen molar-refractivity contribution < 1.29 is 18.3 Å². The largest absolute Gasteiger partial charge is 0.489 e. The van der Waals surface area contributed by atoms with Crippen LogP contribution in [-0.2, 0) is 0 Å². The van der Waals surface area contributed by atoms with E-state index in [4.69, 9.17) is 9.47 Å². The second-order valence-corrected chi connectivity index (χ2v) is 6.47. The van der Waals surface area contributed by atoms with Gasteiger partial charge in [-0.05, 0) is 81.1 Å². The van der Waals surface area contributed by atoms with E-state index >= 15 is 0 Å². The average molecular weight is 436 g/mol. The van der Waals surface area contributed by atoms with E-state index in [1.165, 1.54) is 24.3 Å². The molecule has 0 amide bonds. The molecule has 22 heavy (non-hydrogen) atoms. The SMILES string of the molecule is Cc1cc(F)cc(Br)c1OCCOc1c(C)cc(F)cc1Br. The van der Waals surface area contributed by atoms with Gasteiger partial charge in [0.25, 0.3) is 0 Å². The van der Waals surface area contributed by atoms with E-state index in [2.05, 4.69) is 31.9 Å². The van der Waals surface area contributed by atoms with E-state index in [-0.39, 0.29) is 24.8 Å². The second-order valence-electron chi connectivity index (χ2n) is 4.76. The number of hydrogen-bond acceptors (Lipinski definition) is 2. The summed E-state index contributed by atoms with van der Waals surface area (Å²) in [6.07, 6.45) is 0. The van der Waals surface area contributed by atoms with Gasteiger partial charge in [-0.15, -0.1) is 0 Å². The first kappa shape index (κ1) is 17.2. The Morgan fingerprint density at radius 3 is 1.45 bits per heavy atom. The molecule has 0 aliphatic carbocycles. The fraction of sp³-hybridized carbons (Fsp3) is 0.250. The summed E-state index contributed by atoms with van der Waals surface area (Å²) in [5.41, 5.74) is 1.40. The minimum atomic E-state index is -0.321. The van der Waals surface area contributed by atoms with Crippen molar-refractivity contribution in [2.45, 2.75) is 13.8 Å². The molecule has 2 aromatic rings. The van der Waals surface area contributed by atoms with Gasteiger partial charge in [0.1, 0.15) is 36.3 Å². The van der Waals surface area contributed by atoms with Crippen molar-refractivity contribution in [1.82, 2.24) is 0 Å². The lowest BCUT2D eigenvalue weighted by Crippen LogP contribution is -2.11. The zero-order chi connectivity index (χ0) is 16.3. The summed E-state index contributed by atoms with van der Waals surface area (Å²) >= 11 is 6.54. The van der Waals surface area contributed by atoms with Gasteiger partial charge in [0.05, 0.1) is 8.95 Å². The lowest BCUT2D eigenvalue weighted by Gasteiger charge is -2.14. The Hall–Kier alpha value is -1.14. The standard InChI is InChI=1S/C16H14Br2F2O2/c1-9-5-11(19)7-13(17)15(9)21-3-4-22-16-10(2)6-12(20)8-14(16)18/h5-8H,3-4H2,1-2H3. The van der Waals surface area contributed by atoms with E-state index in [0.29, 0.717) is 31.6 Å². The first-order valence-corrected chi connectivity index (χ1v) is 8.14. The number of aryl methyl sites for hydroxylation is 2. The lowest BCUT2D eigenvalue weighted by atomic mass is 10.2. The summed E-state index contributed by atoms with van der Waals surface area (Å²) in [7, 11) is 0. The third kappa shape index (κ3) is 4.20. The van der Waals surface area contributed by atoms with Crippen LogP contribution < -0.4 is 9.47 Å². The van der Waals surface area contributed by atoms with Gasteiger partial charge < -0.3 is 9.47 Å². The van der Waals surface area contributed by atoms with Crippen molar-refractivity contribution in [3.8, 4) is 11.5 Å². The Morgan fingerprint density at radius 1 is 0.773 bits per heavy atom. The van der Waals surface area contributed by atoms with Crippen LogP contribution in [0.1, 0.15) is 11.1 Å². The van der Waals surface area contributed by atoms with E-state index < -0.39 is 0 Å². The average Bonchev–Trinajstić information content (AvgIpc) is 2.38. The van der Waals surface area contributed by atoms with Crippen LogP contribution in [0, 0.1) is 25.5 Å². The smallest absolute Gasteiger partial charge is 0.136 e. The van der Waals surface area contributed by atoms with E-state index in [1.807, 2.05) is 0 Å². The van der Waals surface area contributed by atoms with Gasteiger partial charge in [-0.25, -0.2) is 8.78 Å². The van der Waals surface area contributed by atoms with Crippen molar-refractivity contribution in [1.29, 1.82) is 0 Å². The molecular weight excluding hydrogens is 422 g/mol. The first-order chi connectivity index (χ1) is 10.4. The fourth-order valence-corrected chi connectivity index (χ4v) is 3.32. The maximum absolute atomic E-state index is 13.2. The molecule has 118 valence electrons. The molecule has 0 aromatic heterocycles. The first-order valence-electron chi connectivity index (χ1n) is 6.55. The topological polar surface area (TPSA) is 18.5 Å². The minimum absolute atomic E-state index is 0.286. The van der Waals surface area contributed by atoms with Crippen LogP contribution >= 0.6 is 31.9 Å². The normalized spacial score (nSPS) is 10.6. The predicted octanol–water partition coefficient (Wildman–Crippen LogP) is 5.56. The summed E-state index contributed by atoms with van der Waals surface area (Å²) in [4.78, 5) is 0. The zero-order valence-electron chi connectivity index (χ0n) is 12.1. The fourth-order valence-electron chi connectivity index (χ4n) is 2.03. The highest BCUT2D eigenvalue weighted by Crippen LogP contribution is 2.31. The highest BCUT2D eigenvalue weighted by atomic mass is 79.9. The molecule has 0 spiro atoms. The van der Waals surface area contributed by atoms with Crippen molar-refractivity contribution in [3.63, 3.8) is 0 Å². The molecule has 0 aliphatic rings. The molecule has 0 bridgehead atoms. The number of benzene rings is 2. The highest BCUT2D eigenvalue weighted by molar-refractivity contribution is 9.10. The molecule has 0 N–H and O–H groups in total. The third-order valence-corrected chi connectivity index (χ3v) is 4.14. The Labute approximate surface area is 144 Å². The molecule has 0 saturated carbocycles. The molecule has 0 saturated heterocycles. The van der Waals surface area contributed by atoms with Crippen LogP contribution in [0.15, 0.2) is 33.2 Å². The highest BCUT2D eigenvalue weighted by Gasteiger charge is 2.10. The Balaban J connectivity index is 1.96. The van der Waals surface area contributed by atoms with Gasteiger partial charge in [0.2, 0.25) is 0 Å². The van der Waals surface area contributed by atoms with Gasteiger partial charge in [-0.3, -0.25) is 0 Å². The number of hydrogen-bond donors (Lipinski definition) is 0. The van der Waals surface area contributed by atoms with Crippen LogP contribution in [0.4, 0.5) is 8.78 Å². The van der Waals surface area contributed by atoms with E-state index in [1.54, 1.807) is 13.8 Å². The quantitative estimate of drug-likeness (QED) is 0.572. The van der Waals surface area contributed by atoms with Gasteiger partial charge in [-0.2, -0.15) is 0 Å². The molecule has 0 heterocycles. The molecule has 0 radical (unpaired) electrons. The van der Waals surface area contributed by atoms with E-state index in [0.717, 1.165) is 0 Å². The van der Waals surface area contributed by atoms with Gasteiger partial charge in [-0.1, -0.05) is 0 Å². The Bertz CT molecular complexity index is 584. The maximum Gasteiger partial charge on any atom is 0.136 e. The molecule has 0 unspecified atom stereocenters. The molecule has 2 aromatic carbocycles. The van der Waals surface area contributed by atoms with Crippen LogP contribution in [0.25, 0.3) is 0 Å². The van der Waals surface area contributed by atoms with Crippen molar-refractivity contribution in [2.75, 3.05) is 13.2 Å². The number of rotatable bonds is 5. The van der Waals surface area contributed by atoms with Crippen molar-refractivity contribution in [2.24, 2.45) is 0 Å². The van der Waals surface area contributed by atoms with Gasteiger partial charge in [0, 0.05) is 0 Å². The van der Waals surface area contributed by atoms with Crippen molar-refractivity contribution in [3.05, 3.63) is 56.0 Å². The Morgan fingerprint density at radius 2 is 1.14 bits per heavy atom. The minimum Gasteiger partial charge on any atom is -0.489 e. The molecule has 0 atom stereocenters. The third-order valence-electron chi connectivity index (χ3n) is 2.96. The number of halogens is 4. The molecule has 6 heteroatoms. The summed E-state index contributed by atoms with van der Waals surface area (Å²) in [5, 5.41) is 0. The van der Waals surface area contributed by atoms with Crippen LogP contribution in [0.2, 0.25) is 0 Å². The second kappa shape index (κ2) is 7.42. The molecule has 0 fully saturated rings. The summed E-state index contributed by atoms with van der Waals surface area (Å²) < 4.78 is 38.7. The predicted molar refractivity (Wildman–Crippen MR) is 88.7 cm³/mol. The lowest BCUT2D eigenvalue weighted by molar-refractivity contribution is 0.213. The van der Waals surface area contributed by atoms with Crippen LogP contribution in [-0.4, -0.2) is 13.2 Å². The van der Waals surface area contributed by atoms with Gasteiger partial charge in [0.15, 0.2) is 0 Å². The van der Waals surface area contributed by atoms with E-state index in [9.17, 15) is 8.78 Å². The summed E-state index contributed by atoms with van der Waals surface area (Å²) in [5.74, 6) is 0.525. The Kier molecular flexibility index (Phi) is 5.81. The molecule has 0 aliphatic heterocycles. The molecule has 2 nitrogen and oxygen atoms in total. The molecule has 2 rings (SSSR count). The number of ether oxygens (including phenoxy) is 2. The maximum atomic E-state index is 13.2. The zero-order valence-corrected chi connectivity index (χ0v) is 15.2. The van der Waals surface area contributed by atoms with Crippen LogP contribution in [0.3, 0.4) is 0 Å². The summed E-state index contributed by atoms with van der Waals surface area (Å²) in [6.45, 7) is 4.11.